The minimum Gasteiger partial charge on any atom is -0.495 e. The summed E-state index contributed by atoms with van der Waals surface area (Å²) in [6.07, 6.45) is 1.46. The SMILES string of the molecule is COCc1ccc(OC)c(S(=O)(=O)NCc2ccnc(C#N)c2)c1. The van der Waals surface area contributed by atoms with Gasteiger partial charge in [0.2, 0.25) is 10.0 Å². The summed E-state index contributed by atoms with van der Waals surface area (Å²) in [6.45, 7) is 0.333. The highest BCUT2D eigenvalue weighted by atomic mass is 32.2. The first-order valence-electron chi connectivity index (χ1n) is 7.00. The fourth-order valence-corrected chi connectivity index (χ4v) is 3.32. The minimum atomic E-state index is -3.80. The van der Waals surface area contributed by atoms with E-state index >= 15 is 0 Å². The van der Waals surface area contributed by atoms with Crippen LogP contribution in [0.3, 0.4) is 0 Å². The lowest BCUT2D eigenvalue weighted by molar-refractivity contribution is 0.184. The van der Waals surface area contributed by atoms with Crippen LogP contribution in [0.4, 0.5) is 0 Å². The lowest BCUT2D eigenvalue weighted by atomic mass is 10.2. The van der Waals surface area contributed by atoms with E-state index in [0.717, 1.165) is 0 Å². The van der Waals surface area contributed by atoms with E-state index in [1.807, 2.05) is 6.07 Å². The summed E-state index contributed by atoms with van der Waals surface area (Å²) in [6, 6.07) is 9.92. The number of nitrogens with one attached hydrogen (secondary N) is 1. The summed E-state index contributed by atoms with van der Waals surface area (Å²) in [4.78, 5) is 3.88. The molecule has 0 saturated heterocycles. The van der Waals surface area contributed by atoms with Gasteiger partial charge in [-0.05, 0) is 35.4 Å². The number of nitriles is 1. The third-order valence-corrected chi connectivity index (χ3v) is 4.66. The predicted octanol–water partition coefficient (Wildman–Crippen LogP) is 1.59. The highest BCUT2D eigenvalue weighted by molar-refractivity contribution is 7.89. The van der Waals surface area contributed by atoms with Crippen LogP contribution >= 0.6 is 0 Å². The number of hydrogen-bond acceptors (Lipinski definition) is 6. The van der Waals surface area contributed by atoms with Gasteiger partial charge in [-0.1, -0.05) is 6.07 Å². The molecule has 0 bridgehead atoms. The van der Waals surface area contributed by atoms with Crippen LogP contribution in [-0.4, -0.2) is 27.6 Å². The molecule has 7 nitrogen and oxygen atoms in total. The van der Waals surface area contributed by atoms with Crippen LogP contribution in [0.15, 0.2) is 41.4 Å². The van der Waals surface area contributed by atoms with Gasteiger partial charge in [0.05, 0.1) is 13.7 Å². The second-order valence-electron chi connectivity index (χ2n) is 4.90. The van der Waals surface area contributed by atoms with Crippen molar-refractivity contribution in [3.05, 3.63) is 53.3 Å². The molecule has 1 aromatic carbocycles. The van der Waals surface area contributed by atoms with Gasteiger partial charge < -0.3 is 9.47 Å². The summed E-state index contributed by atoms with van der Waals surface area (Å²) in [5.74, 6) is 0.245. The zero-order chi connectivity index (χ0) is 17.6. The largest absolute Gasteiger partial charge is 0.495 e. The van der Waals surface area contributed by atoms with Crippen molar-refractivity contribution in [1.82, 2.24) is 9.71 Å². The van der Waals surface area contributed by atoms with E-state index in [1.165, 1.54) is 32.5 Å². The normalized spacial score (nSPS) is 11.0. The average molecular weight is 347 g/mol. The zero-order valence-electron chi connectivity index (χ0n) is 13.3. The van der Waals surface area contributed by atoms with E-state index in [4.69, 9.17) is 14.7 Å². The monoisotopic (exact) mass is 347 g/mol. The molecule has 1 heterocycles. The molecule has 0 aliphatic rings. The molecule has 8 heteroatoms. The summed E-state index contributed by atoms with van der Waals surface area (Å²) < 4.78 is 37.8. The maximum absolute atomic E-state index is 12.6. The van der Waals surface area contributed by atoms with Gasteiger partial charge in [0.25, 0.3) is 0 Å². The molecule has 0 aliphatic heterocycles. The molecular weight excluding hydrogens is 330 g/mol. The molecule has 2 aromatic rings. The molecule has 0 atom stereocenters. The Bertz CT molecular complexity index is 860. The second kappa shape index (κ2) is 7.88. The molecule has 126 valence electrons. The van der Waals surface area contributed by atoms with Crippen LogP contribution in [0.2, 0.25) is 0 Å². The number of hydrogen-bond donors (Lipinski definition) is 1. The molecular formula is C16H17N3O4S. The fraction of sp³-hybridized carbons (Fsp3) is 0.250. The molecule has 1 aromatic heterocycles. The standard InChI is InChI=1S/C16H17N3O4S/c1-22-11-13-3-4-15(23-2)16(8-13)24(20,21)19-10-12-5-6-18-14(7-12)9-17/h3-8,19H,10-11H2,1-2H3. The van der Waals surface area contributed by atoms with Gasteiger partial charge in [-0.15, -0.1) is 0 Å². The van der Waals surface area contributed by atoms with Crippen molar-refractivity contribution in [2.75, 3.05) is 14.2 Å². The van der Waals surface area contributed by atoms with Crippen molar-refractivity contribution in [2.24, 2.45) is 0 Å². The topological polar surface area (TPSA) is 101 Å². The van der Waals surface area contributed by atoms with Gasteiger partial charge in [-0.25, -0.2) is 18.1 Å². The van der Waals surface area contributed by atoms with E-state index < -0.39 is 10.0 Å². The van der Waals surface area contributed by atoms with Crippen LogP contribution in [-0.2, 0) is 27.9 Å². The molecule has 1 N–H and O–H groups in total. The van der Waals surface area contributed by atoms with Crippen LogP contribution in [0.5, 0.6) is 5.75 Å². The Kier molecular flexibility index (Phi) is 5.87. The number of benzene rings is 1. The summed E-state index contributed by atoms with van der Waals surface area (Å²) in [7, 11) is -0.852. The maximum Gasteiger partial charge on any atom is 0.244 e. The van der Waals surface area contributed by atoms with Crippen LogP contribution in [0.25, 0.3) is 0 Å². The first-order chi connectivity index (χ1) is 11.5. The molecule has 0 amide bonds. The van der Waals surface area contributed by atoms with Gasteiger partial charge in [-0.3, -0.25) is 0 Å². The van der Waals surface area contributed by atoms with Crippen molar-refractivity contribution in [3.8, 4) is 11.8 Å². The maximum atomic E-state index is 12.6. The van der Waals surface area contributed by atoms with Gasteiger partial charge in [-0.2, -0.15) is 5.26 Å². The highest BCUT2D eigenvalue weighted by Crippen LogP contribution is 2.25. The number of nitrogens with zero attached hydrogens (tertiary/aromatic N) is 2. The Morgan fingerprint density at radius 2 is 2.00 bits per heavy atom. The molecule has 0 fully saturated rings. The van der Waals surface area contributed by atoms with E-state index in [2.05, 4.69) is 9.71 Å². The third-order valence-electron chi connectivity index (χ3n) is 3.23. The number of methoxy groups -OCH3 is 2. The van der Waals surface area contributed by atoms with Crippen LogP contribution < -0.4 is 9.46 Å². The molecule has 0 radical (unpaired) electrons. The van der Waals surface area contributed by atoms with E-state index in [-0.39, 0.29) is 22.9 Å². The lowest BCUT2D eigenvalue weighted by Gasteiger charge is -2.12. The number of ether oxygens (including phenoxy) is 2. The first-order valence-corrected chi connectivity index (χ1v) is 8.49. The highest BCUT2D eigenvalue weighted by Gasteiger charge is 2.20. The molecule has 0 saturated carbocycles. The van der Waals surface area contributed by atoms with E-state index in [0.29, 0.717) is 17.7 Å². The predicted molar refractivity (Wildman–Crippen MR) is 86.7 cm³/mol. The van der Waals surface area contributed by atoms with E-state index in [1.54, 1.807) is 18.2 Å². The lowest BCUT2D eigenvalue weighted by Crippen LogP contribution is -2.24. The third kappa shape index (κ3) is 4.29. The number of pyridine rings is 1. The van der Waals surface area contributed by atoms with Crippen LogP contribution in [0, 0.1) is 11.3 Å². The van der Waals surface area contributed by atoms with Crippen molar-refractivity contribution >= 4 is 10.0 Å². The van der Waals surface area contributed by atoms with Gasteiger partial charge in [0.1, 0.15) is 22.4 Å². The summed E-state index contributed by atoms with van der Waals surface area (Å²) in [5.41, 5.74) is 1.58. The molecule has 24 heavy (non-hydrogen) atoms. The van der Waals surface area contributed by atoms with Crippen molar-refractivity contribution < 1.29 is 17.9 Å². The Balaban J connectivity index is 2.26. The number of rotatable bonds is 7. The Morgan fingerprint density at radius 3 is 2.67 bits per heavy atom. The van der Waals surface area contributed by atoms with Crippen molar-refractivity contribution in [3.63, 3.8) is 0 Å². The fourth-order valence-electron chi connectivity index (χ4n) is 2.09. The number of aromatic nitrogens is 1. The summed E-state index contributed by atoms with van der Waals surface area (Å²) >= 11 is 0. The van der Waals surface area contributed by atoms with Crippen molar-refractivity contribution in [1.29, 1.82) is 5.26 Å². The smallest absolute Gasteiger partial charge is 0.244 e. The minimum absolute atomic E-state index is 0.0362. The molecule has 0 aliphatic carbocycles. The van der Waals surface area contributed by atoms with Gasteiger partial charge >= 0.3 is 0 Å². The molecule has 2 rings (SSSR count). The van der Waals surface area contributed by atoms with Gasteiger partial charge in [0, 0.05) is 19.9 Å². The average Bonchev–Trinajstić information content (AvgIpc) is 2.60. The Hall–Kier alpha value is -2.47. The summed E-state index contributed by atoms with van der Waals surface area (Å²) in [5, 5.41) is 8.84. The first kappa shape index (κ1) is 17.9. The van der Waals surface area contributed by atoms with Crippen molar-refractivity contribution in [2.45, 2.75) is 18.0 Å². The zero-order valence-corrected chi connectivity index (χ0v) is 14.1. The quantitative estimate of drug-likeness (QED) is 0.816. The number of sulfonamides is 1. The second-order valence-corrected chi connectivity index (χ2v) is 6.64. The van der Waals surface area contributed by atoms with Crippen LogP contribution in [0.1, 0.15) is 16.8 Å². The molecule has 0 spiro atoms. The van der Waals surface area contributed by atoms with E-state index in [9.17, 15) is 8.42 Å². The Morgan fingerprint density at radius 1 is 1.21 bits per heavy atom. The van der Waals surface area contributed by atoms with Gasteiger partial charge in [0.15, 0.2) is 0 Å². The molecule has 0 unspecified atom stereocenters. The Labute approximate surface area is 140 Å².